The molecule has 2 rings (SSSR count). The third kappa shape index (κ3) is 2.42. The van der Waals surface area contributed by atoms with Gasteiger partial charge in [0, 0.05) is 12.7 Å². The lowest BCUT2D eigenvalue weighted by Gasteiger charge is -2.30. The van der Waals surface area contributed by atoms with Crippen LogP contribution < -0.4 is 10.6 Å². The minimum atomic E-state index is -0.322. The first-order valence-electron chi connectivity index (χ1n) is 6.19. The molecule has 1 atom stereocenters. The van der Waals surface area contributed by atoms with Gasteiger partial charge in [0.05, 0.1) is 9.89 Å². The van der Waals surface area contributed by atoms with Crippen LogP contribution in [0.15, 0.2) is 22.8 Å². The highest BCUT2D eigenvalue weighted by Gasteiger charge is 2.44. The van der Waals surface area contributed by atoms with Crippen molar-refractivity contribution in [3.05, 3.63) is 22.8 Å². The Morgan fingerprint density at radius 1 is 1.61 bits per heavy atom. The van der Waals surface area contributed by atoms with E-state index in [1.165, 1.54) is 0 Å². The highest BCUT2D eigenvalue weighted by molar-refractivity contribution is 9.10. The van der Waals surface area contributed by atoms with Crippen LogP contribution in [0.2, 0.25) is 0 Å². The summed E-state index contributed by atoms with van der Waals surface area (Å²) in [6.45, 7) is 5.83. The first-order valence-corrected chi connectivity index (χ1v) is 6.98. The second-order valence-electron chi connectivity index (χ2n) is 5.03. The molecule has 2 heterocycles. The molecular formula is C13H18BrN3O. The van der Waals surface area contributed by atoms with Crippen molar-refractivity contribution in [2.45, 2.75) is 20.3 Å². The lowest BCUT2D eigenvalue weighted by molar-refractivity contribution is -0.126. The molecule has 1 unspecified atom stereocenters. The minimum Gasteiger partial charge on any atom is -0.316 e. The molecule has 0 aromatic carbocycles. The molecule has 1 aromatic rings. The number of amides is 1. The summed E-state index contributed by atoms with van der Waals surface area (Å²) in [6.07, 6.45) is 2.55. The quantitative estimate of drug-likeness (QED) is 0.901. The molecule has 0 radical (unpaired) electrons. The van der Waals surface area contributed by atoms with E-state index in [1.807, 2.05) is 12.1 Å². The number of nitrogens with one attached hydrogen (secondary N) is 2. The van der Waals surface area contributed by atoms with E-state index in [0.717, 1.165) is 24.0 Å². The molecule has 1 aliphatic heterocycles. The Kier molecular flexibility index (Phi) is 4.02. The summed E-state index contributed by atoms with van der Waals surface area (Å²) in [5.74, 6) is 0.950. The number of carbonyl (C=O) groups is 1. The number of nitrogens with zero attached hydrogens (tertiary/aromatic N) is 1. The Morgan fingerprint density at radius 2 is 2.39 bits per heavy atom. The van der Waals surface area contributed by atoms with Gasteiger partial charge in [0.1, 0.15) is 5.82 Å². The van der Waals surface area contributed by atoms with Crippen molar-refractivity contribution in [3.63, 3.8) is 0 Å². The van der Waals surface area contributed by atoms with Gasteiger partial charge in [0.15, 0.2) is 0 Å². The molecule has 0 bridgehead atoms. The van der Waals surface area contributed by atoms with Crippen molar-refractivity contribution in [3.8, 4) is 0 Å². The molecule has 5 heteroatoms. The topological polar surface area (TPSA) is 54.0 Å². The van der Waals surface area contributed by atoms with Crippen LogP contribution >= 0.6 is 15.9 Å². The van der Waals surface area contributed by atoms with Crippen molar-refractivity contribution < 1.29 is 4.79 Å². The molecule has 18 heavy (non-hydrogen) atoms. The van der Waals surface area contributed by atoms with E-state index < -0.39 is 0 Å². The molecule has 0 saturated carbocycles. The highest BCUT2D eigenvalue weighted by Crippen LogP contribution is 2.35. The smallest absolute Gasteiger partial charge is 0.233 e. The maximum Gasteiger partial charge on any atom is 0.233 e. The summed E-state index contributed by atoms with van der Waals surface area (Å²) in [6, 6.07) is 3.70. The third-order valence-corrected chi connectivity index (χ3v) is 4.38. The maximum absolute atomic E-state index is 12.5. The van der Waals surface area contributed by atoms with E-state index in [0.29, 0.717) is 11.7 Å². The number of rotatable bonds is 3. The first-order chi connectivity index (χ1) is 8.56. The molecule has 0 spiro atoms. The van der Waals surface area contributed by atoms with Crippen LogP contribution in [-0.2, 0) is 4.79 Å². The number of halogens is 1. The second-order valence-corrected chi connectivity index (χ2v) is 5.88. The number of aromatic nitrogens is 1. The summed E-state index contributed by atoms with van der Waals surface area (Å²) in [5, 5.41) is 6.22. The summed E-state index contributed by atoms with van der Waals surface area (Å²) in [5.41, 5.74) is -0.322. The molecule has 1 amide bonds. The van der Waals surface area contributed by atoms with E-state index in [2.05, 4.69) is 45.4 Å². The number of hydrogen-bond acceptors (Lipinski definition) is 3. The molecule has 98 valence electrons. The van der Waals surface area contributed by atoms with Gasteiger partial charge in [-0.15, -0.1) is 0 Å². The van der Waals surface area contributed by atoms with Crippen LogP contribution in [-0.4, -0.2) is 24.0 Å². The van der Waals surface area contributed by atoms with Crippen molar-refractivity contribution in [1.82, 2.24) is 10.3 Å². The van der Waals surface area contributed by atoms with Crippen LogP contribution in [0, 0.1) is 11.3 Å². The Balaban J connectivity index is 2.19. The fraction of sp³-hybridized carbons (Fsp3) is 0.538. The van der Waals surface area contributed by atoms with Crippen LogP contribution in [0.25, 0.3) is 0 Å². The SMILES string of the molecule is CC(C)C1(C(=O)Nc2ncccc2Br)CCNC1. The van der Waals surface area contributed by atoms with Gasteiger partial charge in [-0.25, -0.2) is 4.98 Å². The normalized spacial score (nSPS) is 23.3. The monoisotopic (exact) mass is 311 g/mol. The summed E-state index contributed by atoms with van der Waals surface area (Å²) in [7, 11) is 0. The van der Waals surface area contributed by atoms with Gasteiger partial charge in [-0.1, -0.05) is 13.8 Å². The Bertz CT molecular complexity index is 442. The Hall–Kier alpha value is -0.940. The second kappa shape index (κ2) is 5.36. The average molecular weight is 312 g/mol. The van der Waals surface area contributed by atoms with Gasteiger partial charge in [-0.3, -0.25) is 4.79 Å². The van der Waals surface area contributed by atoms with Crippen LogP contribution in [0.3, 0.4) is 0 Å². The van der Waals surface area contributed by atoms with E-state index in [9.17, 15) is 4.79 Å². The minimum absolute atomic E-state index is 0.0573. The predicted molar refractivity (Wildman–Crippen MR) is 75.3 cm³/mol. The zero-order chi connectivity index (χ0) is 13.2. The lowest BCUT2D eigenvalue weighted by atomic mass is 9.75. The van der Waals surface area contributed by atoms with Crippen LogP contribution in [0.5, 0.6) is 0 Å². The first kappa shape index (κ1) is 13.5. The van der Waals surface area contributed by atoms with Crippen molar-refractivity contribution in [2.24, 2.45) is 11.3 Å². The van der Waals surface area contributed by atoms with Gasteiger partial charge in [0.25, 0.3) is 0 Å². The van der Waals surface area contributed by atoms with Gasteiger partial charge in [-0.05, 0) is 46.9 Å². The van der Waals surface area contributed by atoms with E-state index in [4.69, 9.17) is 0 Å². The van der Waals surface area contributed by atoms with Gasteiger partial charge < -0.3 is 10.6 Å². The van der Waals surface area contributed by atoms with Crippen LogP contribution in [0.1, 0.15) is 20.3 Å². The molecule has 1 aromatic heterocycles. The Labute approximate surface area is 116 Å². The standard InChI is InChI=1S/C13H18BrN3O/c1-9(2)13(5-7-15-8-13)12(18)17-11-10(14)4-3-6-16-11/h3-4,6,9,15H,5,7-8H2,1-2H3,(H,16,17,18). The molecule has 4 nitrogen and oxygen atoms in total. The number of carbonyl (C=O) groups excluding carboxylic acids is 1. The number of anilines is 1. The zero-order valence-corrected chi connectivity index (χ0v) is 12.3. The molecule has 2 N–H and O–H groups in total. The summed E-state index contributed by atoms with van der Waals surface area (Å²) < 4.78 is 0.809. The predicted octanol–water partition coefficient (Wildman–Crippen LogP) is 2.42. The lowest BCUT2D eigenvalue weighted by Crippen LogP contribution is -2.42. The number of pyridine rings is 1. The molecule has 1 fully saturated rings. The van der Waals surface area contributed by atoms with E-state index >= 15 is 0 Å². The van der Waals surface area contributed by atoms with E-state index in [-0.39, 0.29) is 11.3 Å². The Morgan fingerprint density at radius 3 is 2.94 bits per heavy atom. The fourth-order valence-electron chi connectivity index (χ4n) is 2.37. The molecule has 1 aliphatic rings. The van der Waals surface area contributed by atoms with Gasteiger partial charge in [-0.2, -0.15) is 0 Å². The van der Waals surface area contributed by atoms with Gasteiger partial charge >= 0.3 is 0 Å². The molecular weight excluding hydrogens is 294 g/mol. The fourth-order valence-corrected chi connectivity index (χ4v) is 2.72. The molecule has 0 aliphatic carbocycles. The third-order valence-electron chi connectivity index (χ3n) is 3.74. The summed E-state index contributed by atoms with van der Waals surface area (Å²) in [4.78, 5) is 16.7. The average Bonchev–Trinajstić information content (AvgIpc) is 2.82. The zero-order valence-electron chi connectivity index (χ0n) is 10.7. The van der Waals surface area contributed by atoms with E-state index in [1.54, 1.807) is 6.20 Å². The van der Waals surface area contributed by atoms with Gasteiger partial charge in [0.2, 0.25) is 5.91 Å². The number of hydrogen-bond donors (Lipinski definition) is 2. The van der Waals surface area contributed by atoms with Crippen LogP contribution in [0.4, 0.5) is 5.82 Å². The highest BCUT2D eigenvalue weighted by atomic mass is 79.9. The van der Waals surface area contributed by atoms with Crippen molar-refractivity contribution in [1.29, 1.82) is 0 Å². The largest absolute Gasteiger partial charge is 0.316 e. The maximum atomic E-state index is 12.5. The van der Waals surface area contributed by atoms with Crippen molar-refractivity contribution in [2.75, 3.05) is 18.4 Å². The molecule has 1 saturated heterocycles. The van der Waals surface area contributed by atoms with Crippen molar-refractivity contribution >= 4 is 27.7 Å². The summed E-state index contributed by atoms with van der Waals surface area (Å²) >= 11 is 3.40.